The van der Waals surface area contributed by atoms with Gasteiger partial charge < -0.3 is 5.32 Å². The fraction of sp³-hybridized carbons (Fsp3) is 0.647. The summed E-state index contributed by atoms with van der Waals surface area (Å²) >= 11 is 0. The first-order chi connectivity index (χ1) is 8.86. The van der Waals surface area contributed by atoms with Crippen molar-refractivity contribution in [3.63, 3.8) is 0 Å². The van der Waals surface area contributed by atoms with Crippen molar-refractivity contribution in [1.29, 1.82) is 0 Å². The maximum Gasteiger partial charge on any atom is 0.0372 e. The summed E-state index contributed by atoms with van der Waals surface area (Å²) in [6.07, 6.45) is 8.55. The number of rotatable bonds is 2. The van der Waals surface area contributed by atoms with Crippen LogP contribution in [0.1, 0.15) is 44.6 Å². The SMILES string of the molecule is CCC1CCCC(C2CNc3ccccc3C2)C1. The van der Waals surface area contributed by atoms with Gasteiger partial charge in [-0.15, -0.1) is 0 Å². The number of nitrogens with one attached hydrogen (secondary N) is 1. The van der Waals surface area contributed by atoms with Crippen molar-refractivity contribution in [1.82, 2.24) is 0 Å². The van der Waals surface area contributed by atoms with Gasteiger partial charge in [-0.2, -0.15) is 0 Å². The van der Waals surface area contributed by atoms with Crippen LogP contribution >= 0.6 is 0 Å². The molecule has 0 amide bonds. The van der Waals surface area contributed by atoms with E-state index in [1.54, 1.807) is 0 Å². The van der Waals surface area contributed by atoms with Gasteiger partial charge in [0, 0.05) is 12.2 Å². The Labute approximate surface area is 111 Å². The molecule has 0 spiro atoms. The second kappa shape index (κ2) is 5.34. The van der Waals surface area contributed by atoms with Crippen LogP contribution in [0.15, 0.2) is 24.3 Å². The van der Waals surface area contributed by atoms with E-state index in [1.807, 2.05) is 0 Å². The Morgan fingerprint density at radius 1 is 1.17 bits per heavy atom. The van der Waals surface area contributed by atoms with E-state index in [2.05, 4.69) is 36.5 Å². The fourth-order valence-corrected chi connectivity index (χ4v) is 3.93. The van der Waals surface area contributed by atoms with Gasteiger partial charge in [0.05, 0.1) is 0 Å². The van der Waals surface area contributed by atoms with E-state index in [0.29, 0.717) is 0 Å². The monoisotopic (exact) mass is 243 g/mol. The van der Waals surface area contributed by atoms with Crippen LogP contribution in [0.3, 0.4) is 0 Å². The number of para-hydroxylation sites is 1. The average Bonchev–Trinajstić information content (AvgIpc) is 2.47. The van der Waals surface area contributed by atoms with Crippen LogP contribution in [0.2, 0.25) is 0 Å². The Hall–Kier alpha value is -0.980. The lowest BCUT2D eigenvalue weighted by Gasteiger charge is -2.37. The molecule has 1 aliphatic carbocycles. The zero-order valence-corrected chi connectivity index (χ0v) is 11.5. The highest BCUT2D eigenvalue weighted by Crippen LogP contribution is 2.38. The minimum atomic E-state index is 0.870. The molecule has 1 heterocycles. The summed E-state index contributed by atoms with van der Waals surface area (Å²) in [5.41, 5.74) is 2.91. The summed E-state index contributed by atoms with van der Waals surface area (Å²) in [6, 6.07) is 8.84. The van der Waals surface area contributed by atoms with Gasteiger partial charge in [-0.25, -0.2) is 0 Å². The van der Waals surface area contributed by atoms with Crippen LogP contribution in [0.4, 0.5) is 5.69 Å². The number of anilines is 1. The second-order valence-corrected chi connectivity index (χ2v) is 6.20. The summed E-state index contributed by atoms with van der Waals surface area (Å²) in [5.74, 6) is 2.83. The standard InChI is InChI=1S/C17H25N/c1-2-13-6-5-8-14(10-13)16-11-15-7-3-4-9-17(15)18-12-16/h3-4,7,9,13-14,16,18H,2,5-6,8,10-12H2,1H3. The van der Waals surface area contributed by atoms with Gasteiger partial charge in [-0.05, 0) is 42.2 Å². The molecule has 0 radical (unpaired) electrons. The van der Waals surface area contributed by atoms with E-state index in [0.717, 1.165) is 17.8 Å². The molecule has 98 valence electrons. The summed E-state index contributed by atoms with van der Waals surface area (Å²) in [5, 5.41) is 3.64. The lowest BCUT2D eigenvalue weighted by molar-refractivity contribution is 0.194. The molecule has 18 heavy (non-hydrogen) atoms. The van der Waals surface area contributed by atoms with Crippen LogP contribution in [-0.4, -0.2) is 6.54 Å². The largest absolute Gasteiger partial charge is 0.385 e. The topological polar surface area (TPSA) is 12.0 Å². The summed E-state index contributed by atoms with van der Waals surface area (Å²) in [6.45, 7) is 3.56. The minimum absolute atomic E-state index is 0.870. The van der Waals surface area contributed by atoms with Crippen molar-refractivity contribution in [3.05, 3.63) is 29.8 Å². The first kappa shape index (κ1) is 12.1. The molecular formula is C17H25N. The lowest BCUT2D eigenvalue weighted by atomic mass is 9.72. The molecule has 1 N–H and O–H groups in total. The first-order valence-electron chi connectivity index (χ1n) is 7.68. The molecule has 0 bridgehead atoms. The van der Waals surface area contributed by atoms with Crippen molar-refractivity contribution in [3.8, 4) is 0 Å². The van der Waals surface area contributed by atoms with Crippen molar-refractivity contribution < 1.29 is 0 Å². The molecule has 1 heteroatoms. The van der Waals surface area contributed by atoms with Gasteiger partial charge in [0.25, 0.3) is 0 Å². The average molecular weight is 243 g/mol. The Morgan fingerprint density at radius 3 is 2.94 bits per heavy atom. The van der Waals surface area contributed by atoms with E-state index < -0.39 is 0 Å². The Bertz CT molecular complexity index is 398. The van der Waals surface area contributed by atoms with E-state index in [9.17, 15) is 0 Å². The quantitative estimate of drug-likeness (QED) is 0.807. The van der Waals surface area contributed by atoms with Crippen molar-refractivity contribution in [2.24, 2.45) is 17.8 Å². The van der Waals surface area contributed by atoms with Gasteiger partial charge in [0.1, 0.15) is 0 Å². The Morgan fingerprint density at radius 2 is 2.06 bits per heavy atom. The molecule has 1 fully saturated rings. The molecule has 1 aromatic rings. The second-order valence-electron chi connectivity index (χ2n) is 6.20. The number of fused-ring (bicyclic) bond motifs is 1. The molecule has 3 rings (SSSR count). The highest BCUT2D eigenvalue weighted by atomic mass is 14.9. The number of benzene rings is 1. The third-order valence-corrected chi connectivity index (χ3v) is 5.12. The molecule has 1 aromatic carbocycles. The van der Waals surface area contributed by atoms with Crippen LogP contribution in [0.25, 0.3) is 0 Å². The molecule has 1 saturated carbocycles. The predicted molar refractivity (Wildman–Crippen MR) is 77.9 cm³/mol. The summed E-state index contributed by atoms with van der Waals surface area (Å²) < 4.78 is 0. The highest BCUT2D eigenvalue weighted by Gasteiger charge is 2.30. The maximum absolute atomic E-state index is 3.64. The Kier molecular flexibility index (Phi) is 3.58. The van der Waals surface area contributed by atoms with Crippen molar-refractivity contribution in [2.75, 3.05) is 11.9 Å². The molecule has 3 unspecified atom stereocenters. The van der Waals surface area contributed by atoms with E-state index in [4.69, 9.17) is 0 Å². The maximum atomic E-state index is 3.64. The van der Waals surface area contributed by atoms with Crippen LogP contribution in [0.5, 0.6) is 0 Å². The first-order valence-corrected chi connectivity index (χ1v) is 7.68. The summed E-state index contributed by atoms with van der Waals surface area (Å²) in [4.78, 5) is 0. The molecule has 1 aliphatic heterocycles. The lowest BCUT2D eigenvalue weighted by Crippen LogP contribution is -2.32. The Balaban J connectivity index is 1.68. The van der Waals surface area contributed by atoms with Gasteiger partial charge >= 0.3 is 0 Å². The van der Waals surface area contributed by atoms with Crippen LogP contribution in [0, 0.1) is 17.8 Å². The van der Waals surface area contributed by atoms with Gasteiger partial charge in [-0.1, -0.05) is 50.8 Å². The van der Waals surface area contributed by atoms with E-state index >= 15 is 0 Å². The van der Waals surface area contributed by atoms with Gasteiger partial charge in [0.2, 0.25) is 0 Å². The minimum Gasteiger partial charge on any atom is -0.385 e. The number of hydrogen-bond acceptors (Lipinski definition) is 1. The zero-order chi connectivity index (χ0) is 12.4. The van der Waals surface area contributed by atoms with Gasteiger partial charge in [0.15, 0.2) is 0 Å². The van der Waals surface area contributed by atoms with Crippen LogP contribution < -0.4 is 5.32 Å². The number of hydrogen-bond donors (Lipinski definition) is 1. The smallest absolute Gasteiger partial charge is 0.0372 e. The molecular weight excluding hydrogens is 218 g/mol. The van der Waals surface area contributed by atoms with E-state index in [-0.39, 0.29) is 0 Å². The third kappa shape index (κ3) is 2.41. The molecule has 1 nitrogen and oxygen atoms in total. The van der Waals surface area contributed by atoms with Crippen molar-refractivity contribution >= 4 is 5.69 Å². The predicted octanol–water partition coefficient (Wildman–Crippen LogP) is 4.49. The normalized spacial score (nSPS) is 31.5. The zero-order valence-electron chi connectivity index (χ0n) is 11.5. The fourth-order valence-electron chi connectivity index (χ4n) is 3.93. The van der Waals surface area contributed by atoms with Crippen molar-refractivity contribution in [2.45, 2.75) is 45.4 Å². The molecule has 0 saturated heterocycles. The van der Waals surface area contributed by atoms with Crippen LogP contribution in [-0.2, 0) is 6.42 Å². The molecule has 3 atom stereocenters. The highest BCUT2D eigenvalue weighted by molar-refractivity contribution is 5.53. The van der Waals surface area contributed by atoms with Gasteiger partial charge in [-0.3, -0.25) is 0 Å². The molecule has 0 aromatic heterocycles. The van der Waals surface area contributed by atoms with E-state index in [1.165, 1.54) is 56.3 Å². The molecule has 2 aliphatic rings. The third-order valence-electron chi connectivity index (χ3n) is 5.12. The summed E-state index contributed by atoms with van der Waals surface area (Å²) in [7, 11) is 0.